The molecule has 1 heterocycles. The molecule has 0 unspecified atom stereocenters. The number of nitrogens with two attached hydrogens (primary N) is 1. The van der Waals surface area contributed by atoms with Gasteiger partial charge in [-0.15, -0.1) is 0 Å². The maximum absolute atomic E-state index is 5.98. The van der Waals surface area contributed by atoms with Crippen molar-refractivity contribution in [2.45, 2.75) is 37.8 Å². The first-order valence-electron chi connectivity index (χ1n) is 6.16. The number of hydrogen-bond donors (Lipinski definition) is 2. The highest BCUT2D eigenvalue weighted by Gasteiger charge is 2.19. The summed E-state index contributed by atoms with van der Waals surface area (Å²) in [6, 6.07) is 6.34. The van der Waals surface area contributed by atoms with Crippen molar-refractivity contribution in [2.24, 2.45) is 5.73 Å². The predicted molar refractivity (Wildman–Crippen MR) is 67.0 cm³/mol. The van der Waals surface area contributed by atoms with Gasteiger partial charge in [-0.05, 0) is 37.8 Å². The number of benzene rings is 1. The number of hydrogen-bond acceptors (Lipinski definition) is 3. The van der Waals surface area contributed by atoms with Crippen LogP contribution in [0.15, 0.2) is 24.5 Å². The highest BCUT2D eigenvalue weighted by Crippen LogP contribution is 2.24. The Morgan fingerprint density at radius 2 is 2.06 bits per heavy atom. The number of fused-ring (bicyclic) bond motifs is 1. The van der Waals surface area contributed by atoms with Crippen LogP contribution in [-0.2, 0) is 0 Å². The van der Waals surface area contributed by atoms with Crippen LogP contribution in [0.5, 0.6) is 5.75 Å². The summed E-state index contributed by atoms with van der Waals surface area (Å²) in [4.78, 5) is 7.28. The molecular formula is C13H17N3O. The second-order valence-corrected chi connectivity index (χ2v) is 4.74. The molecule has 3 rings (SSSR count). The molecule has 0 amide bonds. The van der Waals surface area contributed by atoms with Crippen LogP contribution >= 0.6 is 0 Å². The second kappa shape index (κ2) is 4.37. The fourth-order valence-corrected chi connectivity index (χ4v) is 2.39. The highest BCUT2D eigenvalue weighted by molar-refractivity contribution is 5.75. The van der Waals surface area contributed by atoms with E-state index in [1.165, 1.54) is 0 Å². The SMILES string of the molecule is NC1CCC(Oc2ccc3nc[nH]c3c2)CC1. The van der Waals surface area contributed by atoms with Gasteiger partial charge in [-0.25, -0.2) is 4.98 Å². The zero-order valence-corrected chi connectivity index (χ0v) is 9.73. The van der Waals surface area contributed by atoms with Crippen LogP contribution in [-0.4, -0.2) is 22.1 Å². The third-order valence-corrected chi connectivity index (χ3v) is 3.41. The number of aromatic nitrogens is 2. The zero-order chi connectivity index (χ0) is 11.7. The molecule has 1 aromatic heterocycles. The largest absolute Gasteiger partial charge is 0.490 e. The maximum Gasteiger partial charge on any atom is 0.121 e. The second-order valence-electron chi connectivity index (χ2n) is 4.74. The summed E-state index contributed by atoms with van der Waals surface area (Å²) in [7, 11) is 0. The molecule has 1 saturated carbocycles. The standard InChI is InChI=1S/C13H17N3O/c14-9-1-3-10(4-2-9)17-11-5-6-12-13(7-11)16-8-15-12/h5-10H,1-4,14H2,(H,15,16). The van der Waals surface area contributed by atoms with Gasteiger partial charge in [-0.3, -0.25) is 0 Å². The molecule has 17 heavy (non-hydrogen) atoms. The molecule has 1 aromatic carbocycles. The summed E-state index contributed by atoms with van der Waals surface area (Å²) in [6.45, 7) is 0. The molecule has 0 atom stereocenters. The normalized spacial score (nSPS) is 25.0. The van der Waals surface area contributed by atoms with E-state index in [1.807, 2.05) is 18.2 Å². The van der Waals surface area contributed by atoms with Crippen LogP contribution in [0, 0.1) is 0 Å². The molecule has 0 bridgehead atoms. The molecule has 90 valence electrons. The van der Waals surface area contributed by atoms with E-state index in [-0.39, 0.29) is 0 Å². The van der Waals surface area contributed by atoms with Crippen LogP contribution in [0.4, 0.5) is 0 Å². The summed E-state index contributed by atoms with van der Waals surface area (Å²) in [5, 5.41) is 0. The van der Waals surface area contributed by atoms with Gasteiger partial charge in [0.05, 0.1) is 23.5 Å². The maximum atomic E-state index is 5.98. The molecule has 4 heteroatoms. The average Bonchev–Trinajstić information content (AvgIpc) is 2.79. The lowest BCUT2D eigenvalue weighted by molar-refractivity contribution is 0.147. The van der Waals surface area contributed by atoms with Crippen molar-refractivity contribution in [3.63, 3.8) is 0 Å². The van der Waals surface area contributed by atoms with Crippen LogP contribution in [0.1, 0.15) is 25.7 Å². The van der Waals surface area contributed by atoms with E-state index in [2.05, 4.69) is 9.97 Å². The van der Waals surface area contributed by atoms with Gasteiger partial charge in [0.25, 0.3) is 0 Å². The third kappa shape index (κ3) is 2.26. The third-order valence-electron chi connectivity index (χ3n) is 3.41. The van der Waals surface area contributed by atoms with E-state index in [9.17, 15) is 0 Å². The van der Waals surface area contributed by atoms with Crippen molar-refractivity contribution in [3.8, 4) is 5.75 Å². The van der Waals surface area contributed by atoms with Gasteiger partial charge < -0.3 is 15.5 Å². The minimum atomic E-state index is 0.315. The van der Waals surface area contributed by atoms with E-state index < -0.39 is 0 Å². The summed E-state index contributed by atoms with van der Waals surface area (Å²) >= 11 is 0. The van der Waals surface area contributed by atoms with Gasteiger partial charge >= 0.3 is 0 Å². The van der Waals surface area contributed by atoms with Crippen LogP contribution in [0.2, 0.25) is 0 Å². The molecule has 0 radical (unpaired) electrons. The van der Waals surface area contributed by atoms with E-state index >= 15 is 0 Å². The van der Waals surface area contributed by atoms with Crippen molar-refractivity contribution in [3.05, 3.63) is 24.5 Å². The smallest absolute Gasteiger partial charge is 0.121 e. The number of imidazole rings is 1. The highest BCUT2D eigenvalue weighted by atomic mass is 16.5. The molecular weight excluding hydrogens is 214 g/mol. The summed E-state index contributed by atoms with van der Waals surface area (Å²) in [5.74, 6) is 0.919. The molecule has 0 spiro atoms. The van der Waals surface area contributed by atoms with Crippen molar-refractivity contribution in [2.75, 3.05) is 0 Å². The minimum Gasteiger partial charge on any atom is -0.490 e. The summed E-state index contributed by atoms with van der Waals surface area (Å²) in [6.07, 6.45) is 6.27. The monoisotopic (exact) mass is 231 g/mol. The van der Waals surface area contributed by atoms with Gasteiger partial charge in [-0.2, -0.15) is 0 Å². The topological polar surface area (TPSA) is 63.9 Å². The Hall–Kier alpha value is -1.55. The van der Waals surface area contributed by atoms with Crippen molar-refractivity contribution >= 4 is 11.0 Å². The van der Waals surface area contributed by atoms with Gasteiger partial charge in [0.15, 0.2) is 0 Å². The minimum absolute atomic E-state index is 0.315. The fourth-order valence-electron chi connectivity index (χ4n) is 2.39. The molecule has 0 saturated heterocycles. The Morgan fingerprint density at radius 3 is 2.88 bits per heavy atom. The van der Waals surface area contributed by atoms with E-state index in [1.54, 1.807) is 6.33 Å². The summed E-state index contributed by atoms with van der Waals surface area (Å²) in [5.41, 5.74) is 7.88. The number of aromatic amines is 1. The first-order valence-corrected chi connectivity index (χ1v) is 6.16. The van der Waals surface area contributed by atoms with E-state index in [4.69, 9.17) is 10.5 Å². The van der Waals surface area contributed by atoms with E-state index in [0.717, 1.165) is 42.5 Å². The quantitative estimate of drug-likeness (QED) is 0.833. The predicted octanol–water partition coefficient (Wildman–Crippen LogP) is 2.21. The van der Waals surface area contributed by atoms with Gasteiger partial charge in [0.2, 0.25) is 0 Å². The lowest BCUT2D eigenvalue weighted by Crippen LogP contribution is -2.31. The molecule has 1 aliphatic carbocycles. The molecule has 1 aliphatic rings. The Morgan fingerprint density at radius 1 is 1.24 bits per heavy atom. The molecule has 2 aromatic rings. The molecule has 3 N–H and O–H groups in total. The van der Waals surface area contributed by atoms with Gasteiger partial charge in [-0.1, -0.05) is 0 Å². The lowest BCUT2D eigenvalue weighted by Gasteiger charge is -2.26. The molecule has 4 nitrogen and oxygen atoms in total. The number of ether oxygens (including phenoxy) is 1. The number of rotatable bonds is 2. The Bertz CT molecular complexity index is 500. The van der Waals surface area contributed by atoms with Crippen LogP contribution in [0.25, 0.3) is 11.0 Å². The number of nitrogens with zero attached hydrogens (tertiary/aromatic N) is 1. The zero-order valence-electron chi connectivity index (χ0n) is 9.73. The van der Waals surface area contributed by atoms with Gasteiger partial charge in [0, 0.05) is 12.1 Å². The first kappa shape index (κ1) is 10.6. The number of H-pyrrole nitrogens is 1. The van der Waals surface area contributed by atoms with E-state index in [0.29, 0.717) is 12.1 Å². The van der Waals surface area contributed by atoms with Gasteiger partial charge in [0.1, 0.15) is 5.75 Å². The van der Waals surface area contributed by atoms with Crippen molar-refractivity contribution in [1.29, 1.82) is 0 Å². The van der Waals surface area contributed by atoms with Crippen LogP contribution < -0.4 is 10.5 Å². The van der Waals surface area contributed by atoms with Crippen molar-refractivity contribution < 1.29 is 4.74 Å². The molecule has 1 fully saturated rings. The van der Waals surface area contributed by atoms with Crippen LogP contribution in [0.3, 0.4) is 0 Å². The number of nitrogens with one attached hydrogen (secondary N) is 1. The Kier molecular flexibility index (Phi) is 2.73. The molecule has 0 aliphatic heterocycles. The Labute approximate surface area is 100 Å². The van der Waals surface area contributed by atoms with Crippen molar-refractivity contribution in [1.82, 2.24) is 9.97 Å². The average molecular weight is 231 g/mol. The Balaban J connectivity index is 1.71. The lowest BCUT2D eigenvalue weighted by atomic mass is 9.94. The first-order chi connectivity index (χ1) is 8.31. The summed E-state index contributed by atoms with van der Waals surface area (Å²) < 4.78 is 5.98. The fraction of sp³-hybridized carbons (Fsp3) is 0.462.